The van der Waals surface area contributed by atoms with E-state index in [2.05, 4.69) is 12.0 Å². The van der Waals surface area contributed by atoms with Crippen LogP contribution in [-0.2, 0) is 7.05 Å². The summed E-state index contributed by atoms with van der Waals surface area (Å²) in [6.45, 7) is 4.03. The molecule has 4 heteroatoms. The van der Waals surface area contributed by atoms with E-state index in [0.717, 1.165) is 36.9 Å². The monoisotopic (exact) mass is 230 g/mol. The quantitative estimate of drug-likeness (QED) is 0.790. The lowest BCUT2D eigenvalue weighted by atomic mass is 10.0. The summed E-state index contributed by atoms with van der Waals surface area (Å²) in [7, 11) is 1.79. The van der Waals surface area contributed by atoms with Crippen LogP contribution >= 0.6 is 11.6 Å². The Kier molecular flexibility index (Phi) is 4.61. The van der Waals surface area contributed by atoms with Gasteiger partial charge in [0.05, 0.1) is 11.8 Å². The Morgan fingerprint density at radius 1 is 1.47 bits per heavy atom. The first-order valence-electron chi connectivity index (χ1n) is 5.45. The van der Waals surface area contributed by atoms with Gasteiger partial charge in [-0.2, -0.15) is 5.10 Å². The van der Waals surface area contributed by atoms with Gasteiger partial charge >= 0.3 is 0 Å². The molecule has 0 fully saturated rings. The van der Waals surface area contributed by atoms with Gasteiger partial charge in [-0.25, -0.2) is 0 Å². The molecule has 1 rings (SSSR count). The summed E-state index contributed by atoms with van der Waals surface area (Å²) in [5, 5.41) is 14.7. The van der Waals surface area contributed by atoms with Crippen molar-refractivity contribution in [2.45, 2.75) is 45.6 Å². The second-order valence-corrected chi connectivity index (χ2v) is 4.28. The van der Waals surface area contributed by atoms with E-state index in [1.54, 1.807) is 11.7 Å². The molecule has 0 bridgehead atoms. The third-order valence-electron chi connectivity index (χ3n) is 2.61. The fraction of sp³-hybridized carbons (Fsp3) is 0.727. The second kappa shape index (κ2) is 5.52. The van der Waals surface area contributed by atoms with Crippen LogP contribution in [0.1, 0.15) is 50.0 Å². The molecule has 1 unspecified atom stereocenters. The molecule has 0 amide bonds. The van der Waals surface area contributed by atoms with Crippen molar-refractivity contribution in [3.05, 3.63) is 16.4 Å². The van der Waals surface area contributed by atoms with Crippen molar-refractivity contribution >= 4 is 11.6 Å². The summed E-state index contributed by atoms with van der Waals surface area (Å²) in [4.78, 5) is 0. The SMILES string of the molecule is CCCCCC(O)c1c(C)nn(C)c1Cl. The molecule has 0 aliphatic rings. The maximum atomic E-state index is 9.98. The summed E-state index contributed by atoms with van der Waals surface area (Å²) in [5.74, 6) is 0. The number of halogens is 1. The van der Waals surface area contributed by atoms with Crippen LogP contribution in [0.15, 0.2) is 0 Å². The zero-order valence-electron chi connectivity index (χ0n) is 9.63. The largest absolute Gasteiger partial charge is 0.388 e. The normalized spacial score (nSPS) is 13.1. The van der Waals surface area contributed by atoms with E-state index >= 15 is 0 Å². The van der Waals surface area contributed by atoms with E-state index in [1.807, 2.05) is 6.92 Å². The van der Waals surface area contributed by atoms with Gasteiger partial charge in [-0.3, -0.25) is 4.68 Å². The van der Waals surface area contributed by atoms with Crippen molar-refractivity contribution in [2.75, 3.05) is 0 Å². The van der Waals surface area contributed by atoms with Crippen molar-refractivity contribution in [3.63, 3.8) is 0 Å². The van der Waals surface area contributed by atoms with Gasteiger partial charge in [0.15, 0.2) is 0 Å². The lowest BCUT2D eigenvalue weighted by Gasteiger charge is -2.09. The lowest BCUT2D eigenvalue weighted by molar-refractivity contribution is 0.163. The number of hydrogen-bond acceptors (Lipinski definition) is 2. The lowest BCUT2D eigenvalue weighted by Crippen LogP contribution is -1.99. The highest BCUT2D eigenvalue weighted by molar-refractivity contribution is 6.30. The first-order chi connectivity index (χ1) is 7.07. The molecule has 0 aliphatic heterocycles. The van der Waals surface area contributed by atoms with Crippen molar-refractivity contribution < 1.29 is 5.11 Å². The Labute approximate surface area is 96.1 Å². The molecule has 0 aromatic carbocycles. The fourth-order valence-electron chi connectivity index (χ4n) is 1.76. The summed E-state index contributed by atoms with van der Waals surface area (Å²) in [6.07, 6.45) is 3.63. The number of aromatic nitrogens is 2. The predicted molar refractivity (Wildman–Crippen MR) is 62.1 cm³/mol. The van der Waals surface area contributed by atoms with Crippen LogP contribution in [0.25, 0.3) is 0 Å². The van der Waals surface area contributed by atoms with E-state index < -0.39 is 6.10 Å². The minimum Gasteiger partial charge on any atom is -0.388 e. The molecule has 3 nitrogen and oxygen atoms in total. The van der Waals surface area contributed by atoms with Crippen LogP contribution in [0.2, 0.25) is 5.15 Å². The van der Waals surface area contributed by atoms with Crippen LogP contribution in [-0.4, -0.2) is 14.9 Å². The number of hydrogen-bond donors (Lipinski definition) is 1. The molecule has 0 saturated carbocycles. The summed E-state index contributed by atoms with van der Waals surface area (Å²) in [6, 6.07) is 0. The molecule has 1 atom stereocenters. The number of aryl methyl sites for hydroxylation is 2. The Bertz CT molecular complexity index is 323. The molecule has 0 spiro atoms. The van der Waals surface area contributed by atoms with Crippen LogP contribution in [0.4, 0.5) is 0 Å². The third kappa shape index (κ3) is 2.95. The molecule has 15 heavy (non-hydrogen) atoms. The molecular weight excluding hydrogens is 212 g/mol. The molecular formula is C11H19ClN2O. The van der Waals surface area contributed by atoms with Gasteiger partial charge in [0.1, 0.15) is 5.15 Å². The van der Waals surface area contributed by atoms with Crippen molar-refractivity contribution in [2.24, 2.45) is 7.05 Å². The first kappa shape index (κ1) is 12.5. The van der Waals surface area contributed by atoms with Crippen molar-refractivity contribution in [1.29, 1.82) is 0 Å². The molecule has 0 aliphatic carbocycles. The average molecular weight is 231 g/mol. The van der Waals surface area contributed by atoms with Gasteiger partial charge in [0.2, 0.25) is 0 Å². The Morgan fingerprint density at radius 3 is 2.60 bits per heavy atom. The molecule has 1 heterocycles. The standard InChI is InChI=1S/C11H19ClN2O/c1-4-5-6-7-9(15)10-8(2)13-14(3)11(10)12/h9,15H,4-7H2,1-3H3. The first-order valence-corrected chi connectivity index (χ1v) is 5.82. The van der Waals surface area contributed by atoms with Crippen LogP contribution in [0, 0.1) is 6.92 Å². The van der Waals surface area contributed by atoms with E-state index in [0.29, 0.717) is 5.15 Å². The molecule has 1 aromatic heterocycles. The zero-order chi connectivity index (χ0) is 11.4. The van der Waals surface area contributed by atoms with Crippen molar-refractivity contribution in [3.8, 4) is 0 Å². The van der Waals surface area contributed by atoms with Gasteiger partial charge in [0.25, 0.3) is 0 Å². The van der Waals surface area contributed by atoms with E-state index in [1.165, 1.54) is 0 Å². The predicted octanol–water partition coefficient (Wildman–Crippen LogP) is 3.00. The smallest absolute Gasteiger partial charge is 0.132 e. The molecule has 0 radical (unpaired) electrons. The highest BCUT2D eigenvalue weighted by atomic mass is 35.5. The van der Waals surface area contributed by atoms with E-state index in [-0.39, 0.29) is 0 Å². The number of rotatable bonds is 5. The van der Waals surface area contributed by atoms with Gasteiger partial charge in [0, 0.05) is 12.6 Å². The van der Waals surface area contributed by atoms with Gasteiger partial charge < -0.3 is 5.11 Å². The van der Waals surface area contributed by atoms with Crippen LogP contribution < -0.4 is 0 Å². The topological polar surface area (TPSA) is 38.1 Å². The Morgan fingerprint density at radius 2 is 2.13 bits per heavy atom. The minimum atomic E-state index is -0.474. The maximum absolute atomic E-state index is 9.98. The number of aliphatic hydroxyl groups is 1. The number of unbranched alkanes of at least 4 members (excludes halogenated alkanes) is 2. The van der Waals surface area contributed by atoms with E-state index in [4.69, 9.17) is 11.6 Å². The van der Waals surface area contributed by atoms with Gasteiger partial charge in [-0.1, -0.05) is 37.8 Å². The highest BCUT2D eigenvalue weighted by Crippen LogP contribution is 2.29. The zero-order valence-corrected chi connectivity index (χ0v) is 10.4. The van der Waals surface area contributed by atoms with Crippen LogP contribution in [0.3, 0.4) is 0 Å². The third-order valence-corrected chi connectivity index (χ3v) is 3.06. The Hall–Kier alpha value is -0.540. The second-order valence-electron chi connectivity index (χ2n) is 3.93. The maximum Gasteiger partial charge on any atom is 0.132 e. The molecule has 1 aromatic rings. The number of nitrogens with zero attached hydrogens (tertiary/aromatic N) is 2. The molecule has 86 valence electrons. The van der Waals surface area contributed by atoms with Gasteiger partial charge in [-0.15, -0.1) is 0 Å². The molecule has 1 N–H and O–H groups in total. The summed E-state index contributed by atoms with van der Waals surface area (Å²) < 4.78 is 1.61. The average Bonchev–Trinajstić information content (AvgIpc) is 2.41. The molecule has 0 saturated heterocycles. The summed E-state index contributed by atoms with van der Waals surface area (Å²) >= 11 is 6.06. The fourth-order valence-corrected chi connectivity index (χ4v) is 2.06. The van der Waals surface area contributed by atoms with Crippen LogP contribution in [0.5, 0.6) is 0 Å². The van der Waals surface area contributed by atoms with Crippen molar-refractivity contribution in [1.82, 2.24) is 9.78 Å². The highest BCUT2D eigenvalue weighted by Gasteiger charge is 2.18. The number of aliphatic hydroxyl groups excluding tert-OH is 1. The minimum absolute atomic E-state index is 0.474. The Balaban J connectivity index is 2.68. The summed E-state index contributed by atoms with van der Waals surface area (Å²) in [5.41, 5.74) is 1.61. The van der Waals surface area contributed by atoms with E-state index in [9.17, 15) is 5.11 Å². The van der Waals surface area contributed by atoms with Gasteiger partial charge in [-0.05, 0) is 13.3 Å².